The molecule has 0 aliphatic heterocycles. The van der Waals surface area contributed by atoms with Crippen molar-refractivity contribution in [2.75, 3.05) is 6.61 Å². The third kappa shape index (κ3) is 2.57. The molecule has 0 spiro atoms. The predicted octanol–water partition coefficient (Wildman–Crippen LogP) is 2.53. The fourth-order valence-corrected chi connectivity index (χ4v) is 1.67. The molecule has 4 heteroatoms. The minimum absolute atomic E-state index is 0.180. The van der Waals surface area contributed by atoms with Gasteiger partial charge in [0.25, 0.3) is 0 Å². The third-order valence-electron chi connectivity index (χ3n) is 2.92. The molecule has 1 fully saturated rings. The number of halogens is 2. The molecule has 0 heterocycles. The Kier molecular flexibility index (Phi) is 3.51. The Hall–Kier alpha value is -1.00. The topological polar surface area (TPSA) is 35.2 Å². The van der Waals surface area contributed by atoms with E-state index in [4.69, 9.17) is 10.5 Å². The first-order chi connectivity index (χ1) is 7.66. The van der Waals surface area contributed by atoms with E-state index < -0.39 is 17.7 Å². The highest BCUT2D eigenvalue weighted by Crippen LogP contribution is 2.24. The van der Waals surface area contributed by atoms with Crippen LogP contribution in [-0.2, 0) is 4.74 Å². The van der Waals surface area contributed by atoms with Crippen LogP contribution in [0.2, 0.25) is 0 Å². The second-order valence-electron chi connectivity index (χ2n) is 4.16. The minimum atomic E-state index is -0.601. The lowest BCUT2D eigenvalue weighted by Gasteiger charge is -2.27. The molecular weight excluding hydrogens is 212 g/mol. The molecule has 1 unspecified atom stereocenters. The minimum Gasteiger partial charge on any atom is -0.376 e. The first-order valence-electron chi connectivity index (χ1n) is 5.49. The van der Waals surface area contributed by atoms with Gasteiger partial charge in [0, 0.05) is 5.56 Å². The van der Waals surface area contributed by atoms with Gasteiger partial charge in [-0.15, -0.1) is 0 Å². The molecule has 1 atom stereocenters. The van der Waals surface area contributed by atoms with Crippen LogP contribution in [0.3, 0.4) is 0 Å². The molecule has 88 valence electrons. The average molecular weight is 227 g/mol. The number of hydrogen-bond acceptors (Lipinski definition) is 2. The van der Waals surface area contributed by atoms with Crippen molar-refractivity contribution in [1.82, 2.24) is 0 Å². The van der Waals surface area contributed by atoms with Gasteiger partial charge in [-0.1, -0.05) is 0 Å². The van der Waals surface area contributed by atoms with Crippen molar-refractivity contribution >= 4 is 0 Å². The SMILES string of the molecule is NC(COC1CCC1)c1cc(F)ccc1F. The number of hydrogen-bond donors (Lipinski definition) is 1. The molecule has 2 N–H and O–H groups in total. The van der Waals surface area contributed by atoms with Crippen LogP contribution in [-0.4, -0.2) is 12.7 Å². The lowest BCUT2D eigenvalue weighted by molar-refractivity contribution is -0.00480. The number of nitrogens with two attached hydrogens (primary N) is 1. The van der Waals surface area contributed by atoms with Gasteiger partial charge >= 0.3 is 0 Å². The monoisotopic (exact) mass is 227 g/mol. The molecular formula is C12H15F2NO. The highest BCUT2D eigenvalue weighted by molar-refractivity contribution is 5.22. The molecule has 0 saturated heterocycles. The zero-order valence-corrected chi connectivity index (χ0v) is 8.96. The van der Waals surface area contributed by atoms with Crippen LogP contribution in [0.1, 0.15) is 30.9 Å². The summed E-state index contributed by atoms with van der Waals surface area (Å²) in [5, 5.41) is 0. The van der Waals surface area contributed by atoms with Crippen LogP contribution in [0, 0.1) is 11.6 Å². The molecule has 16 heavy (non-hydrogen) atoms. The van der Waals surface area contributed by atoms with E-state index in [-0.39, 0.29) is 18.3 Å². The van der Waals surface area contributed by atoms with Crippen molar-refractivity contribution in [3.05, 3.63) is 35.4 Å². The van der Waals surface area contributed by atoms with Gasteiger partial charge in [0.1, 0.15) is 11.6 Å². The standard InChI is InChI=1S/C12H15F2NO/c13-8-4-5-11(14)10(6-8)12(15)7-16-9-2-1-3-9/h4-6,9,12H,1-3,7,15H2. The molecule has 1 aromatic carbocycles. The maximum Gasteiger partial charge on any atom is 0.128 e. The number of ether oxygens (including phenoxy) is 1. The van der Waals surface area contributed by atoms with E-state index in [1.54, 1.807) is 0 Å². The predicted molar refractivity (Wildman–Crippen MR) is 56.9 cm³/mol. The molecule has 2 nitrogen and oxygen atoms in total. The molecule has 1 aromatic rings. The van der Waals surface area contributed by atoms with Crippen molar-refractivity contribution in [3.8, 4) is 0 Å². The maximum atomic E-state index is 13.3. The van der Waals surface area contributed by atoms with Gasteiger partial charge in [-0.05, 0) is 37.5 Å². The molecule has 0 bridgehead atoms. The fraction of sp³-hybridized carbons (Fsp3) is 0.500. The van der Waals surface area contributed by atoms with Crippen LogP contribution in [0.5, 0.6) is 0 Å². The summed E-state index contributed by atoms with van der Waals surface area (Å²) >= 11 is 0. The number of rotatable bonds is 4. The van der Waals surface area contributed by atoms with Crippen molar-refractivity contribution < 1.29 is 13.5 Å². The summed E-state index contributed by atoms with van der Waals surface area (Å²) in [7, 11) is 0. The van der Waals surface area contributed by atoms with Crippen LogP contribution in [0.4, 0.5) is 8.78 Å². The Morgan fingerprint density at radius 2 is 2.12 bits per heavy atom. The van der Waals surface area contributed by atoms with Crippen molar-refractivity contribution in [2.45, 2.75) is 31.4 Å². The first-order valence-corrected chi connectivity index (χ1v) is 5.49. The Bertz CT molecular complexity index is 366. The second-order valence-corrected chi connectivity index (χ2v) is 4.16. The van der Waals surface area contributed by atoms with Crippen molar-refractivity contribution in [2.24, 2.45) is 5.73 Å². The second kappa shape index (κ2) is 4.89. The summed E-state index contributed by atoms with van der Waals surface area (Å²) in [5.74, 6) is -0.957. The molecule has 2 rings (SSSR count). The van der Waals surface area contributed by atoms with E-state index in [1.807, 2.05) is 0 Å². The Morgan fingerprint density at radius 3 is 2.75 bits per heavy atom. The van der Waals surface area contributed by atoms with Crippen molar-refractivity contribution in [3.63, 3.8) is 0 Å². The van der Waals surface area contributed by atoms with Gasteiger partial charge < -0.3 is 10.5 Å². The van der Waals surface area contributed by atoms with Gasteiger partial charge in [-0.2, -0.15) is 0 Å². The smallest absolute Gasteiger partial charge is 0.128 e. The highest BCUT2D eigenvalue weighted by atomic mass is 19.1. The van der Waals surface area contributed by atoms with E-state index in [0.29, 0.717) is 0 Å². The van der Waals surface area contributed by atoms with E-state index in [2.05, 4.69) is 0 Å². The lowest BCUT2D eigenvalue weighted by atomic mass is 9.96. The number of benzene rings is 1. The van der Waals surface area contributed by atoms with E-state index >= 15 is 0 Å². The molecule has 1 saturated carbocycles. The summed E-state index contributed by atoms with van der Waals surface area (Å²) in [6.45, 7) is 0.241. The quantitative estimate of drug-likeness (QED) is 0.857. The Morgan fingerprint density at radius 1 is 1.38 bits per heavy atom. The van der Waals surface area contributed by atoms with Crippen LogP contribution >= 0.6 is 0 Å². The summed E-state index contributed by atoms with van der Waals surface area (Å²) in [6, 6.07) is 2.70. The molecule has 0 amide bonds. The molecule has 1 aliphatic carbocycles. The lowest BCUT2D eigenvalue weighted by Crippen LogP contribution is -2.27. The van der Waals surface area contributed by atoms with Gasteiger partial charge in [0.2, 0.25) is 0 Å². The van der Waals surface area contributed by atoms with E-state index in [1.165, 1.54) is 6.42 Å². The van der Waals surface area contributed by atoms with E-state index in [9.17, 15) is 8.78 Å². The summed E-state index contributed by atoms with van der Waals surface area (Å²) in [4.78, 5) is 0. The van der Waals surface area contributed by atoms with Crippen LogP contribution in [0.25, 0.3) is 0 Å². The van der Waals surface area contributed by atoms with Gasteiger partial charge in [0.15, 0.2) is 0 Å². The van der Waals surface area contributed by atoms with Crippen LogP contribution in [0.15, 0.2) is 18.2 Å². The maximum absolute atomic E-state index is 13.3. The van der Waals surface area contributed by atoms with E-state index in [0.717, 1.165) is 31.0 Å². The van der Waals surface area contributed by atoms with Gasteiger partial charge in [0.05, 0.1) is 18.8 Å². The van der Waals surface area contributed by atoms with Gasteiger partial charge in [-0.3, -0.25) is 0 Å². The zero-order chi connectivity index (χ0) is 11.5. The summed E-state index contributed by atoms with van der Waals surface area (Å²) in [5.41, 5.74) is 5.94. The van der Waals surface area contributed by atoms with Gasteiger partial charge in [-0.25, -0.2) is 8.78 Å². The molecule has 1 aliphatic rings. The molecule has 0 radical (unpaired) electrons. The zero-order valence-electron chi connectivity index (χ0n) is 8.96. The normalized spacial score (nSPS) is 18.2. The summed E-state index contributed by atoms with van der Waals surface area (Å²) < 4.78 is 31.7. The van der Waals surface area contributed by atoms with Crippen LogP contribution < -0.4 is 5.73 Å². The fourth-order valence-electron chi connectivity index (χ4n) is 1.67. The molecule has 0 aromatic heterocycles. The third-order valence-corrected chi connectivity index (χ3v) is 2.92. The highest BCUT2D eigenvalue weighted by Gasteiger charge is 2.20. The average Bonchev–Trinajstić information content (AvgIpc) is 2.19. The van der Waals surface area contributed by atoms with Crippen molar-refractivity contribution in [1.29, 1.82) is 0 Å². The Balaban J connectivity index is 1.95. The first kappa shape index (κ1) is 11.5. The largest absolute Gasteiger partial charge is 0.376 e. The Labute approximate surface area is 93.4 Å². The summed E-state index contributed by atoms with van der Waals surface area (Å²) in [6.07, 6.45) is 3.51.